The molecule has 2 aliphatic heterocycles. The molecule has 3 heterocycles. The molecule has 3 rings (SSSR count). The maximum Gasteiger partial charge on any atom is 0.250 e. The number of hydrogen-bond donors (Lipinski definition) is 2. The maximum atomic E-state index is 11.1. The largest absolute Gasteiger partial charge is 0.390 e. The van der Waals surface area contributed by atoms with Crippen LogP contribution in [0.4, 0.5) is 5.82 Å². The highest BCUT2D eigenvalue weighted by Gasteiger charge is 2.37. The molecule has 21 heavy (non-hydrogen) atoms. The molecule has 2 aliphatic rings. The summed E-state index contributed by atoms with van der Waals surface area (Å²) in [7, 11) is 0. The van der Waals surface area contributed by atoms with Crippen LogP contribution < -0.4 is 10.6 Å². The zero-order valence-corrected chi connectivity index (χ0v) is 12.5. The van der Waals surface area contributed by atoms with Crippen molar-refractivity contribution >= 4 is 23.3 Å². The molecule has 0 unspecified atom stereocenters. The highest BCUT2D eigenvalue weighted by molar-refractivity contribution is 6.33. The van der Waals surface area contributed by atoms with Gasteiger partial charge < -0.3 is 15.7 Å². The van der Waals surface area contributed by atoms with Gasteiger partial charge in [0.15, 0.2) is 0 Å². The van der Waals surface area contributed by atoms with Crippen molar-refractivity contribution in [2.24, 2.45) is 5.73 Å². The SMILES string of the molecule is NC(=O)c1cnc(N2C[C@H](O)[C@@H](N3CCCC3)C2)c(Cl)c1. The van der Waals surface area contributed by atoms with Crippen molar-refractivity contribution in [3.63, 3.8) is 0 Å². The highest BCUT2D eigenvalue weighted by atomic mass is 35.5. The fourth-order valence-electron chi connectivity index (χ4n) is 3.17. The van der Waals surface area contributed by atoms with E-state index in [4.69, 9.17) is 17.3 Å². The molecule has 0 aliphatic carbocycles. The fraction of sp³-hybridized carbons (Fsp3) is 0.571. The molecule has 2 saturated heterocycles. The molecule has 2 atom stereocenters. The van der Waals surface area contributed by atoms with Crippen molar-refractivity contribution in [3.05, 3.63) is 22.8 Å². The van der Waals surface area contributed by atoms with Crippen LogP contribution in [-0.4, -0.2) is 59.2 Å². The number of nitrogens with two attached hydrogens (primary N) is 1. The van der Waals surface area contributed by atoms with Crippen LogP contribution in [0.25, 0.3) is 0 Å². The second-order valence-electron chi connectivity index (χ2n) is 5.68. The second kappa shape index (κ2) is 5.79. The average molecular weight is 311 g/mol. The summed E-state index contributed by atoms with van der Waals surface area (Å²) < 4.78 is 0. The number of primary amides is 1. The lowest BCUT2D eigenvalue weighted by Crippen LogP contribution is -2.41. The number of nitrogens with zero attached hydrogens (tertiary/aromatic N) is 3. The molecule has 7 heteroatoms. The third-order valence-electron chi connectivity index (χ3n) is 4.27. The third-order valence-corrected chi connectivity index (χ3v) is 4.55. The van der Waals surface area contributed by atoms with E-state index in [0.717, 1.165) is 13.1 Å². The Morgan fingerprint density at radius 3 is 2.71 bits per heavy atom. The van der Waals surface area contributed by atoms with Gasteiger partial charge in [-0.15, -0.1) is 0 Å². The summed E-state index contributed by atoms with van der Waals surface area (Å²) in [5, 5.41) is 10.7. The summed E-state index contributed by atoms with van der Waals surface area (Å²) in [5.74, 6) is 0.0507. The van der Waals surface area contributed by atoms with Gasteiger partial charge in [0, 0.05) is 19.3 Å². The van der Waals surface area contributed by atoms with E-state index in [1.54, 1.807) is 0 Å². The van der Waals surface area contributed by atoms with Crippen LogP contribution in [0.1, 0.15) is 23.2 Å². The molecule has 0 saturated carbocycles. The number of carbonyl (C=O) groups is 1. The number of carbonyl (C=O) groups excluding carboxylic acids is 1. The second-order valence-corrected chi connectivity index (χ2v) is 6.08. The number of aliphatic hydroxyl groups excluding tert-OH is 1. The summed E-state index contributed by atoms with van der Waals surface area (Å²) in [6.07, 6.45) is 3.40. The number of pyridine rings is 1. The van der Waals surface area contributed by atoms with Gasteiger partial charge in [-0.2, -0.15) is 0 Å². The van der Waals surface area contributed by atoms with Gasteiger partial charge in [0.1, 0.15) is 5.82 Å². The summed E-state index contributed by atoms with van der Waals surface area (Å²) in [6.45, 7) is 3.28. The van der Waals surface area contributed by atoms with Crippen LogP contribution in [0.3, 0.4) is 0 Å². The standard InChI is InChI=1S/C14H19ClN4O2/c15-10-5-9(13(16)21)6-17-14(10)19-7-11(12(20)8-19)18-3-1-2-4-18/h5-6,11-12,20H,1-4,7-8H2,(H2,16,21)/t11-,12-/m0/s1. The van der Waals surface area contributed by atoms with Crippen LogP contribution in [0.2, 0.25) is 5.02 Å². The van der Waals surface area contributed by atoms with Crippen molar-refractivity contribution in [1.82, 2.24) is 9.88 Å². The number of aromatic nitrogens is 1. The molecule has 0 radical (unpaired) electrons. The van der Waals surface area contributed by atoms with Gasteiger partial charge >= 0.3 is 0 Å². The predicted octanol–water partition coefficient (Wildman–Crippen LogP) is 0.479. The number of β-amino-alcohol motifs (C(OH)–C–C–N with tert-alkyl or cyclic N) is 1. The van der Waals surface area contributed by atoms with Crippen LogP contribution in [-0.2, 0) is 0 Å². The van der Waals surface area contributed by atoms with Gasteiger partial charge in [0.25, 0.3) is 0 Å². The van der Waals surface area contributed by atoms with Gasteiger partial charge in [0.05, 0.1) is 22.7 Å². The zero-order chi connectivity index (χ0) is 15.0. The molecule has 114 valence electrons. The Labute approximate surface area is 128 Å². The van der Waals surface area contributed by atoms with Crippen molar-refractivity contribution < 1.29 is 9.90 Å². The lowest BCUT2D eigenvalue weighted by atomic mass is 10.2. The topological polar surface area (TPSA) is 82.7 Å². The van der Waals surface area contributed by atoms with E-state index in [1.165, 1.54) is 25.1 Å². The minimum atomic E-state index is -0.549. The number of anilines is 1. The van der Waals surface area contributed by atoms with Gasteiger partial charge in [-0.1, -0.05) is 11.6 Å². The molecular formula is C14H19ClN4O2. The van der Waals surface area contributed by atoms with Crippen LogP contribution in [0.15, 0.2) is 12.3 Å². The first kappa shape index (κ1) is 14.6. The Kier molecular flexibility index (Phi) is 4.01. The summed E-state index contributed by atoms with van der Waals surface area (Å²) in [5.41, 5.74) is 5.51. The smallest absolute Gasteiger partial charge is 0.250 e. The monoisotopic (exact) mass is 310 g/mol. The van der Waals surface area contributed by atoms with E-state index in [-0.39, 0.29) is 6.04 Å². The van der Waals surface area contributed by atoms with Crippen molar-refractivity contribution in [3.8, 4) is 0 Å². The van der Waals surface area contributed by atoms with E-state index in [2.05, 4.69) is 9.88 Å². The Hall–Kier alpha value is -1.37. The van der Waals surface area contributed by atoms with Crippen LogP contribution in [0.5, 0.6) is 0 Å². The Morgan fingerprint density at radius 1 is 1.38 bits per heavy atom. The third kappa shape index (κ3) is 2.84. The van der Waals surface area contributed by atoms with Crippen LogP contribution >= 0.6 is 11.6 Å². The number of halogens is 1. The first-order valence-corrected chi connectivity index (χ1v) is 7.56. The minimum absolute atomic E-state index is 0.126. The van der Waals surface area contributed by atoms with E-state index in [0.29, 0.717) is 29.5 Å². The van der Waals surface area contributed by atoms with E-state index < -0.39 is 12.0 Å². The van der Waals surface area contributed by atoms with Gasteiger partial charge in [-0.25, -0.2) is 4.98 Å². The van der Waals surface area contributed by atoms with E-state index in [9.17, 15) is 9.90 Å². The zero-order valence-electron chi connectivity index (χ0n) is 11.7. The summed E-state index contributed by atoms with van der Waals surface area (Å²) in [6, 6.07) is 1.66. The number of aliphatic hydroxyl groups is 1. The minimum Gasteiger partial charge on any atom is -0.390 e. The average Bonchev–Trinajstić information content (AvgIpc) is 3.07. The summed E-state index contributed by atoms with van der Waals surface area (Å²) >= 11 is 6.20. The molecule has 3 N–H and O–H groups in total. The first-order chi connectivity index (χ1) is 10.1. The van der Waals surface area contributed by atoms with Crippen LogP contribution in [0, 0.1) is 0 Å². The predicted molar refractivity (Wildman–Crippen MR) is 80.6 cm³/mol. The molecule has 1 aromatic heterocycles. The molecule has 1 amide bonds. The molecule has 0 bridgehead atoms. The highest BCUT2D eigenvalue weighted by Crippen LogP contribution is 2.29. The van der Waals surface area contributed by atoms with Crippen molar-refractivity contribution in [2.75, 3.05) is 31.1 Å². The van der Waals surface area contributed by atoms with Gasteiger partial charge in [0.2, 0.25) is 5.91 Å². The number of amides is 1. The molecule has 0 spiro atoms. The molecule has 6 nitrogen and oxygen atoms in total. The Bertz CT molecular complexity index is 548. The Morgan fingerprint density at radius 2 is 2.10 bits per heavy atom. The molecule has 2 fully saturated rings. The Balaban J connectivity index is 1.77. The first-order valence-electron chi connectivity index (χ1n) is 7.18. The quantitative estimate of drug-likeness (QED) is 0.848. The lowest BCUT2D eigenvalue weighted by molar-refractivity contribution is 0.0985. The molecule has 0 aromatic carbocycles. The van der Waals surface area contributed by atoms with Gasteiger partial charge in [-0.3, -0.25) is 9.69 Å². The fourth-order valence-corrected chi connectivity index (χ4v) is 3.46. The van der Waals surface area contributed by atoms with Crippen molar-refractivity contribution in [1.29, 1.82) is 0 Å². The van der Waals surface area contributed by atoms with Gasteiger partial charge in [-0.05, 0) is 32.0 Å². The normalized spacial score (nSPS) is 26.5. The van der Waals surface area contributed by atoms with E-state index in [1.807, 2.05) is 4.90 Å². The summed E-state index contributed by atoms with van der Waals surface area (Å²) in [4.78, 5) is 19.7. The molecule has 1 aromatic rings. The number of hydrogen-bond acceptors (Lipinski definition) is 5. The maximum absolute atomic E-state index is 11.1. The molecular weight excluding hydrogens is 292 g/mol. The number of likely N-dealkylation sites (tertiary alicyclic amines) is 1. The van der Waals surface area contributed by atoms with Crippen molar-refractivity contribution in [2.45, 2.75) is 25.0 Å². The number of rotatable bonds is 3. The van der Waals surface area contributed by atoms with E-state index >= 15 is 0 Å². The lowest BCUT2D eigenvalue weighted by Gasteiger charge is -2.25.